The normalized spacial score (nSPS) is 12.8. The van der Waals surface area contributed by atoms with E-state index in [2.05, 4.69) is 26.0 Å². The lowest BCUT2D eigenvalue weighted by Gasteiger charge is -2.13. The summed E-state index contributed by atoms with van der Waals surface area (Å²) in [6, 6.07) is 2.61. The number of amides is 1. The molecule has 0 heterocycles. The Bertz CT molecular complexity index is 548. The zero-order chi connectivity index (χ0) is 16.2. The highest BCUT2D eigenvalue weighted by molar-refractivity contribution is 9.10. The summed E-state index contributed by atoms with van der Waals surface area (Å²) in [5.74, 6) is -2.13. The molecule has 116 valence electrons. The van der Waals surface area contributed by atoms with Gasteiger partial charge in [0.2, 0.25) is 0 Å². The van der Waals surface area contributed by atoms with E-state index in [9.17, 15) is 22.8 Å². The largest absolute Gasteiger partial charge is 0.479 e. The first-order chi connectivity index (χ1) is 9.66. The summed E-state index contributed by atoms with van der Waals surface area (Å²) in [5.41, 5.74) is -1.22. The molecule has 1 amide bonds. The molecule has 2 N–H and O–H groups in total. The summed E-state index contributed by atoms with van der Waals surface area (Å²) in [4.78, 5) is 22.5. The number of carboxylic acid groups (broad SMARTS) is 1. The molecular weight excluding hydrogens is 359 g/mol. The van der Waals surface area contributed by atoms with Crippen molar-refractivity contribution in [3.63, 3.8) is 0 Å². The van der Waals surface area contributed by atoms with Gasteiger partial charge in [-0.15, -0.1) is 0 Å². The molecule has 0 bridgehead atoms. The van der Waals surface area contributed by atoms with E-state index in [1.807, 2.05) is 0 Å². The number of nitrogens with one attached hydrogen (secondary N) is 1. The average molecular weight is 370 g/mol. The molecular formula is C12H11BrF3NO4. The Hall–Kier alpha value is -1.61. The number of carbonyl (C=O) groups is 2. The van der Waals surface area contributed by atoms with Crippen LogP contribution in [0.4, 0.5) is 13.2 Å². The van der Waals surface area contributed by atoms with Gasteiger partial charge in [-0.25, -0.2) is 4.79 Å². The number of carbonyl (C=O) groups excluding carboxylic acids is 1. The fourth-order valence-corrected chi connectivity index (χ4v) is 1.85. The fraction of sp³-hybridized carbons (Fsp3) is 0.333. The lowest BCUT2D eigenvalue weighted by atomic mass is 10.1. The quantitative estimate of drug-likeness (QED) is 0.834. The van der Waals surface area contributed by atoms with E-state index in [-0.39, 0.29) is 16.6 Å². The van der Waals surface area contributed by atoms with Crippen LogP contribution in [-0.2, 0) is 15.7 Å². The number of rotatable bonds is 5. The first-order valence-electron chi connectivity index (χ1n) is 5.57. The molecule has 0 radical (unpaired) electrons. The van der Waals surface area contributed by atoms with Gasteiger partial charge in [0.15, 0.2) is 6.10 Å². The van der Waals surface area contributed by atoms with Crippen LogP contribution in [0.15, 0.2) is 22.7 Å². The van der Waals surface area contributed by atoms with Gasteiger partial charge in [-0.05, 0) is 34.1 Å². The van der Waals surface area contributed by atoms with Crippen molar-refractivity contribution >= 4 is 27.8 Å². The highest BCUT2D eigenvalue weighted by Gasteiger charge is 2.31. The molecule has 1 unspecified atom stereocenters. The third-order valence-corrected chi connectivity index (χ3v) is 3.24. The molecule has 0 aliphatic carbocycles. The second-order valence-electron chi connectivity index (χ2n) is 3.96. The summed E-state index contributed by atoms with van der Waals surface area (Å²) in [6.45, 7) is -0.368. The maximum atomic E-state index is 12.6. The maximum absolute atomic E-state index is 12.6. The minimum atomic E-state index is -4.58. The van der Waals surface area contributed by atoms with E-state index in [1.54, 1.807) is 0 Å². The van der Waals surface area contributed by atoms with Crippen molar-refractivity contribution in [1.29, 1.82) is 0 Å². The van der Waals surface area contributed by atoms with Gasteiger partial charge < -0.3 is 15.2 Å². The van der Waals surface area contributed by atoms with Crippen molar-refractivity contribution in [3.8, 4) is 0 Å². The van der Waals surface area contributed by atoms with Crippen molar-refractivity contribution in [2.24, 2.45) is 0 Å². The van der Waals surface area contributed by atoms with Crippen molar-refractivity contribution < 1.29 is 32.6 Å². The van der Waals surface area contributed by atoms with Crippen LogP contribution in [0.25, 0.3) is 0 Å². The average Bonchev–Trinajstić information content (AvgIpc) is 2.37. The Morgan fingerprint density at radius 3 is 2.52 bits per heavy atom. The number of alkyl halides is 3. The third kappa shape index (κ3) is 4.71. The number of hydrogen-bond acceptors (Lipinski definition) is 3. The topological polar surface area (TPSA) is 75.6 Å². The molecule has 1 aromatic carbocycles. The molecule has 1 rings (SSSR count). The van der Waals surface area contributed by atoms with Crippen LogP contribution < -0.4 is 5.32 Å². The van der Waals surface area contributed by atoms with Crippen molar-refractivity contribution in [2.45, 2.75) is 12.3 Å². The molecule has 1 aromatic rings. The summed E-state index contributed by atoms with van der Waals surface area (Å²) in [5, 5.41) is 10.9. The number of methoxy groups -OCH3 is 1. The highest BCUT2D eigenvalue weighted by Crippen LogP contribution is 2.31. The minimum Gasteiger partial charge on any atom is -0.479 e. The van der Waals surface area contributed by atoms with Crippen LogP contribution in [0, 0.1) is 0 Å². The van der Waals surface area contributed by atoms with Crippen LogP contribution in [0.3, 0.4) is 0 Å². The Balaban J connectivity index is 2.90. The van der Waals surface area contributed by atoms with Crippen LogP contribution in [0.2, 0.25) is 0 Å². The number of halogens is 4. The van der Waals surface area contributed by atoms with Gasteiger partial charge >= 0.3 is 12.1 Å². The zero-order valence-electron chi connectivity index (χ0n) is 10.7. The van der Waals surface area contributed by atoms with Gasteiger partial charge in [0, 0.05) is 11.6 Å². The summed E-state index contributed by atoms with van der Waals surface area (Å²) < 4.78 is 42.5. The highest BCUT2D eigenvalue weighted by atomic mass is 79.9. The van der Waals surface area contributed by atoms with Gasteiger partial charge in [-0.3, -0.25) is 4.79 Å². The predicted octanol–water partition coefficient (Wildman–Crippen LogP) is 2.30. The zero-order valence-corrected chi connectivity index (χ0v) is 12.3. The Morgan fingerprint density at radius 1 is 1.43 bits per heavy atom. The lowest BCUT2D eigenvalue weighted by Crippen LogP contribution is -2.38. The molecule has 0 aliphatic rings. The number of aliphatic carboxylic acids is 1. The lowest BCUT2D eigenvalue weighted by molar-refractivity contribution is -0.148. The number of ether oxygens (including phenoxy) is 1. The van der Waals surface area contributed by atoms with E-state index in [4.69, 9.17) is 5.11 Å². The van der Waals surface area contributed by atoms with E-state index in [0.717, 1.165) is 19.2 Å². The van der Waals surface area contributed by atoms with Crippen molar-refractivity contribution in [1.82, 2.24) is 5.32 Å². The molecule has 0 aliphatic heterocycles. The van der Waals surface area contributed by atoms with Gasteiger partial charge in [0.05, 0.1) is 17.7 Å². The summed E-state index contributed by atoms with van der Waals surface area (Å²) in [7, 11) is 1.14. The van der Waals surface area contributed by atoms with Crippen molar-refractivity contribution in [3.05, 3.63) is 33.8 Å². The first kappa shape index (κ1) is 17.4. The molecule has 1 atom stereocenters. The number of carboxylic acids is 1. The molecule has 21 heavy (non-hydrogen) atoms. The van der Waals surface area contributed by atoms with Gasteiger partial charge in [0.25, 0.3) is 5.91 Å². The van der Waals surface area contributed by atoms with Gasteiger partial charge in [0.1, 0.15) is 0 Å². The standard InChI is InChI=1S/C12H11BrF3NO4/c1-21-9(11(19)20)5-17-10(18)7-4-6(12(14,15)16)2-3-8(7)13/h2-4,9H,5H2,1H3,(H,17,18)(H,19,20). The summed E-state index contributed by atoms with van der Waals surface area (Å²) >= 11 is 2.98. The van der Waals surface area contributed by atoms with Crippen molar-refractivity contribution in [2.75, 3.05) is 13.7 Å². The van der Waals surface area contributed by atoms with E-state index in [0.29, 0.717) is 6.07 Å². The molecule has 0 saturated carbocycles. The van der Waals surface area contributed by atoms with E-state index in [1.165, 1.54) is 0 Å². The number of hydrogen-bond donors (Lipinski definition) is 2. The predicted molar refractivity (Wildman–Crippen MR) is 69.9 cm³/mol. The Labute approximate surface area is 126 Å². The molecule has 0 spiro atoms. The van der Waals surface area contributed by atoms with E-state index >= 15 is 0 Å². The van der Waals surface area contributed by atoms with Crippen LogP contribution in [-0.4, -0.2) is 36.7 Å². The molecule has 5 nitrogen and oxygen atoms in total. The fourth-order valence-electron chi connectivity index (χ4n) is 1.43. The smallest absolute Gasteiger partial charge is 0.416 e. The Kier molecular flexibility index (Phi) is 5.73. The van der Waals surface area contributed by atoms with E-state index < -0.39 is 29.7 Å². The molecule has 0 fully saturated rings. The summed E-state index contributed by atoms with van der Waals surface area (Å²) in [6.07, 6.45) is -5.86. The monoisotopic (exact) mass is 369 g/mol. The Morgan fingerprint density at radius 2 is 2.05 bits per heavy atom. The third-order valence-electron chi connectivity index (χ3n) is 2.55. The molecule has 0 aromatic heterocycles. The SMILES string of the molecule is COC(CNC(=O)c1cc(C(F)(F)F)ccc1Br)C(=O)O. The molecule has 0 saturated heterocycles. The van der Waals surface area contributed by atoms with Crippen LogP contribution in [0.1, 0.15) is 15.9 Å². The molecule has 9 heteroatoms. The second kappa shape index (κ2) is 6.90. The maximum Gasteiger partial charge on any atom is 0.416 e. The minimum absolute atomic E-state index is 0.164. The van der Waals surface area contributed by atoms with Crippen LogP contribution in [0.5, 0.6) is 0 Å². The van der Waals surface area contributed by atoms with Gasteiger partial charge in [-0.2, -0.15) is 13.2 Å². The van der Waals surface area contributed by atoms with Gasteiger partial charge in [-0.1, -0.05) is 0 Å². The second-order valence-corrected chi connectivity index (χ2v) is 4.82. The number of benzene rings is 1. The van der Waals surface area contributed by atoms with Crippen LogP contribution >= 0.6 is 15.9 Å². The first-order valence-corrected chi connectivity index (χ1v) is 6.36.